The van der Waals surface area contributed by atoms with Gasteiger partial charge in [-0.25, -0.2) is 4.68 Å². The number of halogens is 1. The molecule has 0 amide bonds. The van der Waals surface area contributed by atoms with Crippen molar-refractivity contribution in [3.63, 3.8) is 0 Å². The Balaban J connectivity index is 2.48. The molecule has 2 aromatic rings. The predicted octanol–water partition coefficient (Wildman–Crippen LogP) is 2.09. The summed E-state index contributed by atoms with van der Waals surface area (Å²) in [4.78, 5) is 0. The van der Waals surface area contributed by atoms with Crippen LogP contribution in [0.15, 0.2) is 35.1 Å². The van der Waals surface area contributed by atoms with Gasteiger partial charge in [-0.15, -0.1) is 0 Å². The summed E-state index contributed by atoms with van der Waals surface area (Å²) in [5, 5.41) is 12.8. The van der Waals surface area contributed by atoms with Crippen molar-refractivity contribution < 1.29 is 0 Å². The molecule has 0 spiro atoms. The molecule has 0 aliphatic heterocycles. The number of rotatable bonds is 1. The van der Waals surface area contributed by atoms with Gasteiger partial charge < -0.3 is 5.73 Å². The van der Waals surface area contributed by atoms with E-state index in [1.165, 1.54) is 0 Å². The van der Waals surface area contributed by atoms with Crippen LogP contribution in [0.2, 0.25) is 0 Å². The summed E-state index contributed by atoms with van der Waals surface area (Å²) in [6.45, 7) is 0. The first-order valence-corrected chi connectivity index (χ1v) is 5.00. The van der Waals surface area contributed by atoms with E-state index in [0.29, 0.717) is 11.3 Å². The number of hydrogen-bond acceptors (Lipinski definition) is 3. The maximum atomic E-state index is 8.76. The highest BCUT2D eigenvalue weighted by Crippen LogP contribution is 2.20. The van der Waals surface area contributed by atoms with Gasteiger partial charge in [0.25, 0.3) is 0 Å². The van der Waals surface area contributed by atoms with Gasteiger partial charge in [0.15, 0.2) is 0 Å². The van der Waals surface area contributed by atoms with Gasteiger partial charge in [0.05, 0.1) is 29.3 Å². The molecule has 5 heteroatoms. The number of aromatic nitrogens is 2. The van der Waals surface area contributed by atoms with Gasteiger partial charge in [-0.1, -0.05) is 0 Å². The molecule has 74 valence electrons. The Morgan fingerprint density at radius 2 is 2.27 bits per heavy atom. The summed E-state index contributed by atoms with van der Waals surface area (Å²) in [6.07, 6.45) is 3.29. The van der Waals surface area contributed by atoms with Crippen molar-refractivity contribution in [2.75, 3.05) is 5.73 Å². The maximum Gasteiger partial charge on any atom is 0.100 e. The lowest BCUT2D eigenvalue weighted by Gasteiger charge is -2.02. The molecule has 0 unspecified atom stereocenters. The molecule has 0 radical (unpaired) electrons. The summed E-state index contributed by atoms with van der Waals surface area (Å²) >= 11 is 3.32. The van der Waals surface area contributed by atoms with E-state index in [2.05, 4.69) is 27.1 Å². The van der Waals surface area contributed by atoms with E-state index in [4.69, 9.17) is 11.0 Å². The molecule has 0 bridgehead atoms. The van der Waals surface area contributed by atoms with Crippen LogP contribution in [0.3, 0.4) is 0 Å². The van der Waals surface area contributed by atoms with Crippen LogP contribution in [-0.4, -0.2) is 9.78 Å². The molecule has 15 heavy (non-hydrogen) atoms. The second-order valence-electron chi connectivity index (χ2n) is 2.99. The second-order valence-corrected chi connectivity index (χ2v) is 3.85. The normalized spacial score (nSPS) is 9.87. The topological polar surface area (TPSA) is 67.6 Å². The van der Waals surface area contributed by atoms with Crippen LogP contribution >= 0.6 is 15.9 Å². The number of anilines is 1. The third-order valence-corrected chi connectivity index (χ3v) is 2.60. The predicted molar refractivity (Wildman–Crippen MR) is 60.4 cm³/mol. The quantitative estimate of drug-likeness (QED) is 0.856. The third-order valence-electron chi connectivity index (χ3n) is 1.94. The molecule has 1 heterocycles. The molecule has 0 aliphatic carbocycles. The molecule has 0 aliphatic rings. The van der Waals surface area contributed by atoms with Crippen molar-refractivity contribution >= 4 is 21.6 Å². The summed E-state index contributed by atoms with van der Waals surface area (Å²) in [5.41, 5.74) is 7.62. The summed E-state index contributed by atoms with van der Waals surface area (Å²) < 4.78 is 2.40. The van der Waals surface area contributed by atoms with Crippen molar-refractivity contribution in [3.8, 4) is 11.8 Å². The van der Waals surface area contributed by atoms with Crippen molar-refractivity contribution in [1.29, 1.82) is 5.26 Å². The average molecular weight is 263 g/mol. The van der Waals surface area contributed by atoms with Crippen LogP contribution in [0, 0.1) is 11.3 Å². The van der Waals surface area contributed by atoms with Gasteiger partial charge in [-0.05, 0) is 34.1 Å². The van der Waals surface area contributed by atoms with Gasteiger partial charge in [-0.2, -0.15) is 10.4 Å². The Kier molecular flexibility index (Phi) is 2.44. The Hall–Kier alpha value is -1.80. The molecule has 4 nitrogen and oxygen atoms in total. The Morgan fingerprint density at radius 1 is 1.47 bits per heavy atom. The fraction of sp³-hybridized carbons (Fsp3) is 0. The number of benzene rings is 1. The van der Waals surface area contributed by atoms with E-state index in [9.17, 15) is 0 Å². The van der Waals surface area contributed by atoms with Gasteiger partial charge >= 0.3 is 0 Å². The lowest BCUT2D eigenvalue weighted by molar-refractivity contribution is 0.879. The molecule has 0 saturated carbocycles. The molecule has 2 N–H and O–H groups in total. The zero-order valence-electron chi connectivity index (χ0n) is 7.68. The molecule has 1 aromatic heterocycles. The van der Waals surface area contributed by atoms with E-state index >= 15 is 0 Å². The number of nitrogens with two attached hydrogens (primary N) is 1. The molecule has 0 saturated heterocycles. The zero-order valence-corrected chi connectivity index (χ0v) is 9.27. The fourth-order valence-corrected chi connectivity index (χ4v) is 1.67. The number of nitrogens with zero attached hydrogens (tertiary/aromatic N) is 3. The largest absolute Gasteiger partial charge is 0.396 e. The lowest BCUT2D eigenvalue weighted by Crippen LogP contribution is -1.94. The molecule has 0 fully saturated rings. The highest BCUT2D eigenvalue weighted by atomic mass is 79.9. The van der Waals surface area contributed by atoms with Gasteiger partial charge in [0.2, 0.25) is 0 Å². The zero-order chi connectivity index (χ0) is 10.8. The Labute approximate surface area is 95.1 Å². The lowest BCUT2D eigenvalue weighted by atomic mass is 10.2. The monoisotopic (exact) mass is 262 g/mol. The molecular formula is C10H7BrN4. The number of nitrogen functional groups attached to an aromatic ring is 1. The second kappa shape index (κ2) is 3.75. The van der Waals surface area contributed by atoms with E-state index in [-0.39, 0.29) is 0 Å². The Bertz CT molecular complexity index is 539. The minimum atomic E-state index is 0.596. The van der Waals surface area contributed by atoms with Crippen LogP contribution in [0.25, 0.3) is 5.69 Å². The molecule has 2 rings (SSSR count). The van der Waals surface area contributed by atoms with E-state index < -0.39 is 0 Å². The highest BCUT2D eigenvalue weighted by molar-refractivity contribution is 9.10. The summed E-state index contributed by atoms with van der Waals surface area (Å²) in [5.74, 6) is 0. The van der Waals surface area contributed by atoms with Crippen LogP contribution in [-0.2, 0) is 0 Å². The van der Waals surface area contributed by atoms with Gasteiger partial charge in [0, 0.05) is 4.47 Å². The average Bonchev–Trinajstić information content (AvgIpc) is 2.65. The van der Waals surface area contributed by atoms with E-state index in [0.717, 1.165) is 10.2 Å². The van der Waals surface area contributed by atoms with Crippen molar-refractivity contribution in [2.24, 2.45) is 0 Å². The maximum absolute atomic E-state index is 8.76. The first-order chi connectivity index (χ1) is 7.20. The van der Waals surface area contributed by atoms with Crippen molar-refractivity contribution in [3.05, 3.63) is 40.6 Å². The molecule has 0 atom stereocenters. The number of hydrogen-bond donors (Lipinski definition) is 1. The SMILES string of the molecule is N#Cc1ccc(-n2cc(N)cn2)cc1Br. The minimum Gasteiger partial charge on any atom is -0.396 e. The van der Waals surface area contributed by atoms with Crippen LogP contribution in [0.5, 0.6) is 0 Å². The summed E-state index contributed by atoms with van der Waals surface area (Å²) in [6, 6.07) is 7.45. The first-order valence-electron chi connectivity index (χ1n) is 4.21. The van der Waals surface area contributed by atoms with Crippen LogP contribution in [0.4, 0.5) is 5.69 Å². The molecular weight excluding hydrogens is 256 g/mol. The van der Waals surface area contributed by atoms with Gasteiger partial charge in [-0.3, -0.25) is 0 Å². The minimum absolute atomic E-state index is 0.596. The van der Waals surface area contributed by atoms with E-state index in [1.54, 1.807) is 23.1 Å². The third kappa shape index (κ3) is 1.85. The fourth-order valence-electron chi connectivity index (χ4n) is 1.22. The van der Waals surface area contributed by atoms with Gasteiger partial charge in [0.1, 0.15) is 6.07 Å². The summed E-state index contributed by atoms with van der Waals surface area (Å²) in [7, 11) is 0. The van der Waals surface area contributed by atoms with E-state index in [1.807, 2.05) is 12.1 Å². The van der Waals surface area contributed by atoms with Crippen molar-refractivity contribution in [1.82, 2.24) is 9.78 Å². The standard InChI is InChI=1S/C10H7BrN4/c11-10-3-9(2-1-7(10)4-12)15-6-8(13)5-14-15/h1-3,5-6H,13H2. The van der Waals surface area contributed by atoms with Crippen molar-refractivity contribution in [2.45, 2.75) is 0 Å². The number of nitriles is 1. The smallest absolute Gasteiger partial charge is 0.100 e. The van der Waals surface area contributed by atoms with Crippen LogP contribution < -0.4 is 5.73 Å². The highest BCUT2D eigenvalue weighted by Gasteiger charge is 2.03. The van der Waals surface area contributed by atoms with Crippen LogP contribution in [0.1, 0.15) is 5.56 Å². The molecule has 1 aromatic carbocycles. The first kappa shape index (κ1) is 9.74. The Morgan fingerprint density at radius 3 is 2.80 bits per heavy atom.